The predicted octanol–water partition coefficient (Wildman–Crippen LogP) is 3.05. The van der Waals surface area contributed by atoms with Crippen molar-refractivity contribution in [2.45, 2.75) is 19.4 Å². The molecule has 102 valence electrons. The fourth-order valence-corrected chi connectivity index (χ4v) is 2.40. The maximum atomic E-state index is 4.30. The molecule has 0 aliphatic heterocycles. The minimum absolute atomic E-state index is 0.0575. The van der Waals surface area contributed by atoms with E-state index in [0.29, 0.717) is 0 Å². The zero-order valence-electron chi connectivity index (χ0n) is 11.5. The molecule has 20 heavy (non-hydrogen) atoms. The summed E-state index contributed by atoms with van der Waals surface area (Å²) in [5, 5.41) is 12.9. The highest BCUT2D eigenvalue weighted by Crippen LogP contribution is 2.23. The maximum absolute atomic E-state index is 4.30. The lowest BCUT2D eigenvalue weighted by molar-refractivity contribution is 0.574. The van der Waals surface area contributed by atoms with Gasteiger partial charge in [-0.2, -0.15) is 5.10 Å². The minimum atomic E-state index is 0.0575. The van der Waals surface area contributed by atoms with E-state index in [1.807, 2.05) is 0 Å². The molecular weight excluding hydrogens is 248 g/mol. The molecule has 1 unspecified atom stereocenters. The number of rotatable bonds is 5. The first-order valence-corrected chi connectivity index (χ1v) is 6.96. The van der Waals surface area contributed by atoms with E-state index in [4.69, 9.17) is 0 Å². The van der Waals surface area contributed by atoms with Crippen molar-refractivity contribution in [1.82, 2.24) is 20.5 Å². The maximum Gasteiger partial charge on any atom is 0.145 e. The zero-order chi connectivity index (χ0) is 13.8. The van der Waals surface area contributed by atoms with Crippen LogP contribution in [0.2, 0.25) is 0 Å². The number of aromatic amines is 1. The van der Waals surface area contributed by atoms with Crippen LogP contribution in [0.4, 0.5) is 0 Å². The number of fused-ring (bicyclic) bond motifs is 1. The smallest absolute Gasteiger partial charge is 0.145 e. The lowest BCUT2D eigenvalue weighted by Gasteiger charge is -2.17. The van der Waals surface area contributed by atoms with E-state index < -0.39 is 0 Å². The van der Waals surface area contributed by atoms with Crippen molar-refractivity contribution in [3.05, 3.63) is 60.2 Å². The highest BCUT2D eigenvalue weighted by atomic mass is 15.2. The average molecular weight is 266 g/mol. The first kappa shape index (κ1) is 12.8. The number of hydrogen-bond donors (Lipinski definition) is 2. The summed E-state index contributed by atoms with van der Waals surface area (Å²) in [5.74, 6) is 0.855. The highest BCUT2D eigenvalue weighted by molar-refractivity contribution is 5.83. The zero-order valence-corrected chi connectivity index (χ0v) is 11.5. The van der Waals surface area contributed by atoms with E-state index in [-0.39, 0.29) is 6.04 Å². The van der Waals surface area contributed by atoms with E-state index in [1.165, 1.54) is 16.3 Å². The van der Waals surface area contributed by atoms with Gasteiger partial charge in [0.05, 0.1) is 6.04 Å². The van der Waals surface area contributed by atoms with E-state index in [2.05, 4.69) is 69.9 Å². The second kappa shape index (κ2) is 5.84. The van der Waals surface area contributed by atoms with Crippen molar-refractivity contribution in [1.29, 1.82) is 0 Å². The van der Waals surface area contributed by atoms with Gasteiger partial charge >= 0.3 is 0 Å². The van der Waals surface area contributed by atoms with Gasteiger partial charge in [0.25, 0.3) is 0 Å². The van der Waals surface area contributed by atoms with Crippen LogP contribution in [0.15, 0.2) is 48.8 Å². The van der Waals surface area contributed by atoms with Crippen molar-refractivity contribution in [2.75, 3.05) is 6.54 Å². The van der Waals surface area contributed by atoms with E-state index >= 15 is 0 Å². The summed E-state index contributed by atoms with van der Waals surface area (Å²) < 4.78 is 0. The monoisotopic (exact) mass is 266 g/mol. The lowest BCUT2D eigenvalue weighted by Crippen LogP contribution is -2.24. The number of nitrogens with one attached hydrogen (secondary N) is 2. The van der Waals surface area contributed by atoms with Gasteiger partial charge < -0.3 is 5.32 Å². The van der Waals surface area contributed by atoms with Crippen LogP contribution < -0.4 is 5.32 Å². The van der Waals surface area contributed by atoms with Crippen molar-refractivity contribution in [3.8, 4) is 0 Å². The quantitative estimate of drug-likeness (QED) is 0.746. The van der Waals surface area contributed by atoms with Gasteiger partial charge in [0, 0.05) is 0 Å². The van der Waals surface area contributed by atoms with Gasteiger partial charge in [-0.05, 0) is 35.4 Å². The van der Waals surface area contributed by atoms with Crippen LogP contribution >= 0.6 is 0 Å². The molecule has 0 saturated heterocycles. The summed E-state index contributed by atoms with van der Waals surface area (Å²) in [7, 11) is 0. The Morgan fingerprint density at radius 2 is 2.00 bits per heavy atom. The molecule has 0 aliphatic carbocycles. The van der Waals surface area contributed by atoms with Gasteiger partial charge in [0.2, 0.25) is 0 Å². The summed E-state index contributed by atoms with van der Waals surface area (Å²) in [6.07, 6.45) is 2.63. The summed E-state index contributed by atoms with van der Waals surface area (Å²) in [4.78, 5) is 4.30. The Morgan fingerprint density at radius 1 is 1.15 bits per heavy atom. The first-order chi connectivity index (χ1) is 9.88. The van der Waals surface area contributed by atoms with Gasteiger partial charge in [0.15, 0.2) is 0 Å². The Kier molecular flexibility index (Phi) is 3.74. The average Bonchev–Trinajstić information content (AvgIpc) is 3.02. The summed E-state index contributed by atoms with van der Waals surface area (Å²) in [6.45, 7) is 3.10. The molecular formula is C16H18N4. The van der Waals surface area contributed by atoms with E-state index in [0.717, 1.165) is 18.8 Å². The predicted molar refractivity (Wildman–Crippen MR) is 80.5 cm³/mol. The van der Waals surface area contributed by atoms with Crippen LogP contribution in [0.5, 0.6) is 0 Å². The number of hydrogen-bond acceptors (Lipinski definition) is 3. The third kappa shape index (κ3) is 2.56. The van der Waals surface area contributed by atoms with E-state index in [9.17, 15) is 0 Å². The molecule has 3 aromatic rings. The third-order valence-electron chi connectivity index (χ3n) is 3.41. The summed E-state index contributed by atoms with van der Waals surface area (Å²) >= 11 is 0. The van der Waals surface area contributed by atoms with Crippen LogP contribution in [-0.4, -0.2) is 21.7 Å². The molecule has 0 bridgehead atoms. The highest BCUT2D eigenvalue weighted by Gasteiger charge is 2.16. The molecule has 2 N–H and O–H groups in total. The van der Waals surface area contributed by atoms with Crippen LogP contribution in [0, 0.1) is 0 Å². The van der Waals surface area contributed by atoms with Crippen LogP contribution in [-0.2, 0) is 0 Å². The minimum Gasteiger partial charge on any atom is -0.304 e. The van der Waals surface area contributed by atoms with Crippen LogP contribution in [0.25, 0.3) is 10.8 Å². The molecule has 0 fully saturated rings. The Morgan fingerprint density at radius 3 is 2.75 bits per heavy atom. The number of H-pyrrole nitrogens is 1. The summed E-state index contributed by atoms with van der Waals surface area (Å²) in [5.41, 5.74) is 1.20. The second-order valence-electron chi connectivity index (χ2n) is 4.86. The topological polar surface area (TPSA) is 53.6 Å². The normalized spacial score (nSPS) is 12.7. The molecule has 0 aliphatic rings. The standard InChI is InChI=1S/C16H18N4/c1-2-9-17-15(16-18-11-19-20-16)14-8-7-12-5-3-4-6-13(12)10-14/h3-8,10-11,15,17H,2,9H2,1H3,(H,18,19,20). The molecule has 2 aromatic carbocycles. The number of aromatic nitrogens is 3. The van der Waals surface area contributed by atoms with Crippen LogP contribution in [0.1, 0.15) is 30.8 Å². The van der Waals surface area contributed by atoms with Crippen molar-refractivity contribution in [3.63, 3.8) is 0 Å². The molecule has 1 aromatic heterocycles. The molecule has 0 amide bonds. The lowest BCUT2D eigenvalue weighted by atomic mass is 10.0. The van der Waals surface area contributed by atoms with Gasteiger partial charge in [0.1, 0.15) is 12.2 Å². The first-order valence-electron chi connectivity index (χ1n) is 6.96. The number of nitrogens with zero attached hydrogens (tertiary/aromatic N) is 2. The summed E-state index contributed by atoms with van der Waals surface area (Å²) in [6, 6.07) is 15.0. The Hall–Kier alpha value is -2.20. The SMILES string of the molecule is CCCNC(c1ccc2ccccc2c1)c1ncn[nH]1. The molecule has 4 nitrogen and oxygen atoms in total. The molecule has 0 saturated carbocycles. The van der Waals surface area contributed by atoms with Gasteiger partial charge in [-0.15, -0.1) is 0 Å². The molecule has 1 heterocycles. The van der Waals surface area contributed by atoms with Crippen molar-refractivity contribution < 1.29 is 0 Å². The van der Waals surface area contributed by atoms with Gasteiger partial charge in [-0.1, -0.05) is 43.3 Å². The molecule has 0 radical (unpaired) electrons. The second-order valence-corrected chi connectivity index (χ2v) is 4.86. The largest absolute Gasteiger partial charge is 0.304 e. The molecule has 1 atom stereocenters. The Bertz CT molecular complexity index is 676. The molecule has 4 heteroatoms. The Balaban J connectivity index is 1.99. The molecule has 0 spiro atoms. The molecule has 3 rings (SSSR count). The third-order valence-corrected chi connectivity index (χ3v) is 3.41. The number of benzene rings is 2. The fraction of sp³-hybridized carbons (Fsp3) is 0.250. The Labute approximate surface area is 118 Å². The van der Waals surface area contributed by atoms with E-state index in [1.54, 1.807) is 6.33 Å². The van der Waals surface area contributed by atoms with Gasteiger partial charge in [-0.3, -0.25) is 5.10 Å². The van der Waals surface area contributed by atoms with Crippen molar-refractivity contribution in [2.24, 2.45) is 0 Å². The van der Waals surface area contributed by atoms with Crippen molar-refractivity contribution >= 4 is 10.8 Å². The van der Waals surface area contributed by atoms with Gasteiger partial charge in [-0.25, -0.2) is 4.98 Å². The van der Waals surface area contributed by atoms with Crippen LogP contribution in [0.3, 0.4) is 0 Å². The fourth-order valence-electron chi connectivity index (χ4n) is 2.40.